The lowest BCUT2D eigenvalue weighted by molar-refractivity contribution is -0.154. The van der Waals surface area contributed by atoms with E-state index in [4.69, 9.17) is 4.42 Å². The van der Waals surface area contributed by atoms with Crippen molar-refractivity contribution < 1.29 is 19.1 Å². The Morgan fingerprint density at radius 3 is 2.59 bits per heavy atom. The number of carbonyl (C=O) groups is 2. The summed E-state index contributed by atoms with van der Waals surface area (Å²) in [5, 5.41) is 14.0. The van der Waals surface area contributed by atoms with E-state index in [1.165, 1.54) is 6.26 Å². The first-order chi connectivity index (χ1) is 10.2. The van der Waals surface area contributed by atoms with Gasteiger partial charge in [-0.2, -0.15) is 5.10 Å². The molecule has 2 aliphatic carbocycles. The zero-order chi connectivity index (χ0) is 16.2. The molecular formula is C16H20N2O4. The highest BCUT2D eigenvalue weighted by Gasteiger charge is 2.71. The summed E-state index contributed by atoms with van der Waals surface area (Å²) in [4.78, 5) is 23.8. The van der Waals surface area contributed by atoms with E-state index in [9.17, 15) is 14.7 Å². The minimum absolute atomic E-state index is 0.185. The van der Waals surface area contributed by atoms with Crippen LogP contribution in [-0.4, -0.2) is 22.7 Å². The number of amides is 1. The maximum Gasteiger partial charge on any atom is 0.310 e. The Bertz CT molecular complexity index is 662. The molecule has 1 amide bonds. The fourth-order valence-corrected chi connectivity index (χ4v) is 4.11. The molecule has 2 unspecified atom stereocenters. The van der Waals surface area contributed by atoms with Crippen molar-refractivity contribution in [2.75, 3.05) is 0 Å². The van der Waals surface area contributed by atoms with Crippen LogP contribution < -0.4 is 5.43 Å². The summed E-state index contributed by atoms with van der Waals surface area (Å²) in [5.74, 6) is -1.01. The van der Waals surface area contributed by atoms with E-state index < -0.39 is 22.7 Å². The zero-order valence-corrected chi connectivity index (χ0v) is 13.0. The molecule has 0 saturated heterocycles. The second kappa shape index (κ2) is 4.44. The SMILES string of the molecule is CC12CCC(C(=O)O)(C/C1=N/NC(=O)c1ccco1)C2(C)C. The average Bonchev–Trinajstić information content (AvgIpc) is 3.09. The molecule has 3 rings (SSSR count). The van der Waals surface area contributed by atoms with Gasteiger partial charge in [-0.1, -0.05) is 20.8 Å². The van der Waals surface area contributed by atoms with Crippen molar-refractivity contribution in [3.63, 3.8) is 0 Å². The summed E-state index contributed by atoms with van der Waals surface area (Å²) in [6.07, 6.45) is 3.21. The van der Waals surface area contributed by atoms with Crippen LogP contribution in [0, 0.1) is 16.2 Å². The van der Waals surface area contributed by atoms with E-state index in [1.807, 2.05) is 20.8 Å². The van der Waals surface area contributed by atoms with Gasteiger partial charge in [0, 0.05) is 17.5 Å². The van der Waals surface area contributed by atoms with Crippen LogP contribution in [-0.2, 0) is 4.79 Å². The molecule has 22 heavy (non-hydrogen) atoms. The van der Waals surface area contributed by atoms with Gasteiger partial charge in [0.15, 0.2) is 5.76 Å². The molecule has 0 aliphatic heterocycles. The standard InChI is InChI=1S/C16H20N2O4/c1-14(2)15(3)6-7-16(14,13(20)21)9-11(15)17-18-12(19)10-5-4-8-22-10/h4-5,8H,6-7,9H2,1-3H3,(H,18,19)(H,20,21)/b17-11-. The predicted octanol–water partition coefficient (Wildman–Crippen LogP) is 2.67. The number of nitrogens with one attached hydrogen (secondary N) is 1. The molecule has 2 bridgehead atoms. The van der Waals surface area contributed by atoms with Crippen LogP contribution in [0.4, 0.5) is 0 Å². The van der Waals surface area contributed by atoms with Gasteiger partial charge >= 0.3 is 11.9 Å². The zero-order valence-electron chi connectivity index (χ0n) is 13.0. The first-order valence-electron chi connectivity index (χ1n) is 7.39. The Morgan fingerprint density at radius 2 is 2.05 bits per heavy atom. The van der Waals surface area contributed by atoms with E-state index in [2.05, 4.69) is 10.5 Å². The van der Waals surface area contributed by atoms with Crippen molar-refractivity contribution in [3.8, 4) is 0 Å². The molecule has 2 atom stereocenters. The monoisotopic (exact) mass is 304 g/mol. The van der Waals surface area contributed by atoms with Gasteiger partial charge in [-0.25, -0.2) is 5.43 Å². The highest BCUT2D eigenvalue weighted by Crippen LogP contribution is 2.70. The highest BCUT2D eigenvalue weighted by molar-refractivity contribution is 6.02. The number of carboxylic acids is 1. The number of carboxylic acid groups (broad SMARTS) is 1. The summed E-state index contributed by atoms with van der Waals surface area (Å²) in [5.41, 5.74) is 1.73. The van der Waals surface area contributed by atoms with Crippen molar-refractivity contribution in [1.29, 1.82) is 0 Å². The van der Waals surface area contributed by atoms with Crippen LogP contribution in [0.1, 0.15) is 50.6 Å². The lowest BCUT2D eigenvalue weighted by Gasteiger charge is -2.37. The van der Waals surface area contributed by atoms with Gasteiger partial charge < -0.3 is 9.52 Å². The summed E-state index contributed by atoms with van der Waals surface area (Å²) in [7, 11) is 0. The number of carbonyl (C=O) groups excluding carboxylic acids is 1. The number of fused-ring (bicyclic) bond motifs is 2. The van der Waals surface area contributed by atoms with E-state index >= 15 is 0 Å². The average molecular weight is 304 g/mol. The minimum atomic E-state index is -0.796. The van der Waals surface area contributed by atoms with Crippen LogP contribution in [0.25, 0.3) is 0 Å². The molecule has 6 nitrogen and oxygen atoms in total. The summed E-state index contributed by atoms with van der Waals surface area (Å²) < 4.78 is 5.02. The lowest BCUT2D eigenvalue weighted by Crippen LogP contribution is -2.40. The van der Waals surface area contributed by atoms with Crippen LogP contribution >= 0.6 is 0 Å². The van der Waals surface area contributed by atoms with Gasteiger partial charge in [-0.05, 0) is 30.4 Å². The molecule has 0 aromatic carbocycles. The Morgan fingerprint density at radius 1 is 1.32 bits per heavy atom. The summed E-state index contributed by atoms with van der Waals surface area (Å²) in [6.45, 7) is 6.03. The van der Waals surface area contributed by atoms with Crippen LogP contribution in [0.2, 0.25) is 0 Å². The van der Waals surface area contributed by atoms with Crippen molar-refractivity contribution in [2.45, 2.75) is 40.0 Å². The topological polar surface area (TPSA) is 91.9 Å². The Labute approximate surface area is 128 Å². The van der Waals surface area contributed by atoms with Gasteiger partial charge in [0.25, 0.3) is 0 Å². The van der Waals surface area contributed by atoms with Crippen LogP contribution in [0.15, 0.2) is 27.9 Å². The maximum atomic E-state index is 11.9. The van der Waals surface area contributed by atoms with E-state index in [-0.39, 0.29) is 11.2 Å². The van der Waals surface area contributed by atoms with Gasteiger partial charge in [-0.15, -0.1) is 0 Å². The molecule has 0 spiro atoms. The van der Waals surface area contributed by atoms with Crippen molar-refractivity contribution in [3.05, 3.63) is 24.2 Å². The first-order valence-corrected chi connectivity index (χ1v) is 7.39. The Hall–Kier alpha value is -2.11. The number of furan rings is 1. The molecule has 1 aromatic heterocycles. The minimum Gasteiger partial charge on any atom is -0.481 e. The Balaban J connectivity index is 1.89. The van der Waals surface area contributed by atoms with Gasteiger partial charge in [-0.3, -0.25) is 9.59 Å². The second-order valence-corrected chi connectivity index (χ2v) is 7.00. The van der Waals surface area contributed by atoms with Crippen molar-refractivity contribution in [1.82, 2.24) is 5.43 Å². The fourth-order valence-electron chi connectivity index (χ4n) is 4.11. The number of hydrogen-bond donors (Lipinski definition) is 2. The van der Waals surface area contributed by atoms with E-state index in [1.54, 1.807) is 12.1 Å². The molecule has 1 aromatic rings. The first kappa shape index (κ1) is 14.8. The van der Waals surface area contributed by atoms with Crippen LogP contribution in [0.3, 0.4) is 0 Å². The summed E-state index contributed by atoms with van der Waals surface area (Å²) >= 11 is 0. The van der Waals surface area contributed by atoms with Gasteiger partial charge in [0.2, 0.25) is 0 Å². The molecule has 118 valence electrons. The van der Waals surface area contributed by atoms with E-state index in [0.717, 1.165) is 12.1 Å². The van der Waals surface area contributed by atoms with E-state index in [0.29, 0.717) is 12.8 Å². The number of aliphatic carboxylic acids is 1. The number of hydrogen-bond acceptors (Lipinski definition) is 4. The molecule has 2 aliphatic rings. The highest BCUT2D eigenvalue weighted by atomic mass is 16.4. The maximum absolute atomic E-state index is 11.9. The molecule has 2 fully saturated rings. The molecule has 6 heteroatoms. The third-order valence-corrected chi connectivity index (χ3v) is 6.18. The molecule has 2 saturated carbocycles. The van der Waals surface area contributed by atoms with Gasteiger partial charge in [0.1, 0.15) is 0 Å². The smallest absolute Gasteiger partial charge is 0.310 e. The second-order valence-electron chi connectivity index (χ2n) is 7.00. The van der Waals surface area contributed by atoms with Crippen molar-refractivity contribution >= 4 is 17.6 Å². The molecule has 0 radical (unpaired) electrons. The number of nitrogens with zero attached hydrogens (tertiary/aromatic N) is 1. The summed E-state index contributed by atoms with van der Waals surface area (Å²) in [6, 6.07) is 3.18. The third kappa shape index (κ3) is 1.63. The number of hydrazone groups is 1. The largest absolute Gasteiger partial charge is 0.481 e. The number of rotatable bonds is 3. The molecule has 1 heterocycles. The molecular weight excluding hydrogens is 284 g/mol. The lowest BCUT2D eigenvalue weighted by atomic mass is 9.65. The van der Waals surface area contributed by atoms with Gasteiger partial charge in [0.05, 0.1) is 11.7 Å². The van der Waals surface area contributed by atoms with Crippen LogP contribution in [0.5, 0.6) is 0 Å². The normalized spacial score (nSPS) is 34.0. The third-order valence-electron chi connectivity index (χ3n) is 6.18. The molecule has 2 N–H and O–H groups in total. The Kier molecular flexibility index (Phi) is 2.99. The fraction of sp³-hybridized carbons (Fsp3) is 0.562. The predicted molar refractivity (Wildman–Crippen MR) is 79.4 cm³/mol. The van der Waals surface area contributed by atoms with Crippen molar-refractivity contribution in [2.24, 2.45) is 21.3 Å². The quantitative estimate of drug-likeness (QED) is 0.840.